The number of rotatable bonds is 6. The highest BCUT2D eigenvalue weighted by molar-refractivity contribution is 5.87. The fourth-order valence-corrected chi connectivity index (χ4v) is 1.37. The number of carbonyl (C=O) groups is 1. The number of halogens is 1. The van der Waals surface area contributed by atoms with Crippen LogP contribution >= 0.6 is 0 Å². The van der Waals surface area contributed by atoms with Crippen molar-refractivity contribution < 1.29 is 18.8 Å². The summed E-state index contributed by atoms with van der Waals surface area (Å²) in [6, 6.07) is 3.08. The van der Waals surface area contributed by atoms with Gasteiger partial charge in [0.25, 0.3) is 5.69 Å². The van der Waals surface area contributed by atoms with E-state index in [1.807, 2.05) is 0 Å². The first kappa shape index (κ1) is 15.4. The van der Waals surface area contributed by atoms with Gasteiger partial charge < -0.3 is 4.74 Å². The second kappa shape index (κ2) is 7.69. The lowest BCUT2D eigenvalue weighted by molar-refractivity contribution is -0.385. The van der Waals surface area contributed by atoms with Crippen molar-refractivity contribution >= 4 is 17.7 Å². The minimum Gasteiger partial charge on any atom is -0.462 e. The first-order valence-electron chi connectivity index (χ1n) is 5.77. The van der Waals surface area contributed by atoms with Crippen LogP contribution in [0.3, 0.4) is 0 Å². The zero-order valence-corrected chi connectivity index (χ0v) is 10.5. The lowest BCUT2D eigenvalue weighted by Crippen LogP contribution is -2.02. The molecule has 20 heavy (non-hydrogen) atoms. The Morgan fingerprint density at radius 1 is 1.55 bits per heavy atom. The molecular formula is C14H12FNO4. The van der Waals surface area contributed by atoms with Crippen LogP contribution in [-0.2, 0) is 9.53 Å². The monoisotopic (exact) mass is 277 g/mol. The summed E-state index contributed by atoms with van der Waals surface area (Å²) >= 11 is 0. The van der Waals surface area contributed by atoms with Gasteiger partial charge in [-0.05, 0) is 24.6 Å². The molecule has 5 nitrogen and oxygen atoms in total. The molecule has 0 heterocycles. The van der Waals surface area contributed by atoms with E-state index in [4.69, 9.17) is 11.2 Å². The number of nitrogens with zero attached hydrogens (tertiary/aromatic N) is 1. The third-order valence-electron chi connectivity index (χ3n) is 2.30. The molecule has 0 amide bonds. The van der Waals surface area contributed by atoms with Crippen LogP contribution in [0.15, 0.2) is 24.3 Å². The molecule has 0 N–H and O–H groups in total. The van der Waals surface area contributed by atoms with Gasteiger partial charge in [-0.2, -0.15) is 0 Å². The quantitative estimate of drug-likeness (QED) is 0.200. The van der Waals surface area contributed by atoms with Crippen LogP contribution < -0.4 is 0 Å². The van der Waals surface area contributed by atoms with Crippen LogP contribution in [0.1, 0.15) is 18.4 Å². The van der Waals surface area contributed by atoms with Crippen LogP contribution in [-0.4, -0.2) is 17.5 Å². The first-order valence-corrected chi connectivity index (χ1v) is 5.77. The molecule has 1 aromatic rings. The molecule has 0 unspecified atom stereocenters. The van der Waals surface area contributed by atoms with Gasteiger partial charge in [-0.25, -0.2) is 9.18 Å². The van der Waals surface area contributed by atoms with E-state index in [0.29, 0.717) is 12.8 Å². The zero-order chi connectivity index (χ0) is 15.0. The third kappa shape index (κ3) is 4.90. The maximum absolute atomic E-state index is 12.9. The maximum Gasteiger partial charge on any atom is 0.330 e. The summed E-state index contributed by atoms with van der Waals surface area (Å²) in [5, 5.41) is 10.7. The van der Waals surface area contributed by atoms with Crippen molar-refractivity contribution in [1.82, 2.24) is 0 Å². The van der Waals surface area contributed by atoms with Crippen molar-refractivity contribution in [3.05, 3.63) is 45.8 Å². The van der Waals surface area contributed by atoms with Crippen molar-refractivity contribution in [2.24, 2.45) is 0 Å². The number of terminal acetylenes is 1. The second-order valence-corrected chi connectivity index (χ2v) is 3.77. The lowest BCUT2D eigenvalue weighted by Gasteiger charge is -2.00. The van der Waals surface area contributed by atoms with E-state index in [9.17, 15) is 19.3 Å². The van der Waals surface area contributed by atoms with Crippen molar-refractivity contribution in [2.75, 3.05) is 6.61 Å². The summed E-state index contributed by atoms with van der Waals surface area (Å²) in [6.07, 6.45) is 8.35. The van der Waals surface area contributed by atoms with Crippen LogP contribution in [0, 0.1) is 28.3 Å². The number of ether oxygens (including phenoxy) is 1. The van der Waals surface area contributed by atoms with Crippen LogP contribution in [0.4, 0.5) is 10.1 Å². The maximum atomic E-state index is 12.9. The summed E-state index contributed by atoms with van der Waals surface area (Å²) in [5.41, 5.74) is -0.293. The van der Waals surface area contributed by atoms with Gasteiger partial charge >= 0.3 is 5.97 Å². The summed E-state index contributed by atoms with van der Waals surface area (Å²) in [4.78, 5) is 21.3. The van der Waals surface area contributed by atoms with Gasteiger partial charge in [-0.1, -0.05) is 0 Å². The lowest BCUT2D eigenvalue weighted by atomic mass is 10.1. The van der Waals surface area contributed by atoms with E-state index >= 15 is 0 Å². The molecule has 6 heteroatoms. The highest BCUT2D eigenvalue weighted by Crippen LogP contribution is 2.21. The number of hydrogen-bond acceptors (Lipinski definition) is 4. The van der Waals surface area contributed by atoms with Gasteiger partial charge in [-0.15, -0.1) is 12.3 Å². The number of hydrogen-bond donors (Lipinski definition) is 0. The van der Waals surface area contributed by atoms with E-state index in [1.165, 1.54) is 12.1 Å². The first-order chi connectivity index (χ1) is 9.54. The smallest absolute Gasteiger partial charge is 0.330 e. The van der Waals surface area contributed by atoms with Gasteiger partial charge in [-0.3, -0.25) is 10.1 Å². The molecule has 0 aliphatic carbocycles. The van der Waals surface area contributed by atoms with Gasteiger partial charge in [0.1, 0.15) is 5.82 Å². The average molecular weight is 277 g/mol. The van der Waals surface area contributed by atoms with Gasteiger partial charge in [0.15, 0.2) is 0 Å². The Balaban J connectivity index is 2.68. The van der Waals surface area contributed by atoms with Crippen molar-refractivity contribution in [3.8, 4) is 12.3 Å². The molecular weight excluding hydrogens is 265 g/mol. The van der Waals surface area contributed by atoms with Gasteiger partial charge in [0.05, 0.1) is 23.2 Å². The molecule has 0 radical (unpaired) electrons. The Labute approximate surface area is 115 Å². The third-order valence-corrected chi connectivity index (χ3v) is 2.30. The topological polar surface area (TPSA) is 69.4 Å². The molecule has 0 aliphatic rings. The summed E-state index contributed by atoms with van der Waals surface area (Å²) in [5.74, 6) is 1.05. The summed E-state index contributed by atoms with van der Waals surface area (Å²) < 4.78 is 17.7. The van der Waals surface area contributed by atoms with E-state index in [2.05, 4.69) is 5.92 Å². The fourth-order valence-electron chi connectivity index (χ4n) is 1.37. The predicted molar refractivity (Wildman–Crippen MR) is 71.1 cm³/mol. The molecule has 0 aliphatic heterocycles. The molecule has 0 bridgehead atoms. The van der Waals surface area contributed by atoms with Crippen LogP contribution in [0.25, 0.3) is 6.08 Å². The molecule has 1 rings (SSSR count). The van der Waals surface area contributed by atoms with Gasteiger partial charge in [0.2, 0.25) is 0 Å². The number of esters is 1. The molecule has 0 saturated carbocycles. The Morgan fingerprint density at radius 3 is 2.95 bits per heavy atom. The summed E-state index contributed by atoms with van der Waals surface area (Å²) in [7, 11) is 0. The van der Waals surface area contributed by atoms with Crippen LogP contribution in [0.2, 0.25) is 0 Å². The minimum absolute atomic E-state index is 0.122. The molecule has 1 aromatic carbocycles. The summed E-state index contributed by atoms with van der Waals surface area (Å²) in [6.45, 7) is 0.179. The van der Waals surface area contributed by atoms with Crippen LogP contribution in [0.5, 0.6) is 0 Å². The van der Waals surface area contributed by atoms with E-state index in [0.717, 1.165) is 18.2 Å². The standard InChI is InChI=1S/C14H12FNO4/c1-2-3-4-9-20-14(17)8-6-11-5-7-12(15)10-13(11)16(18)19/h1,5-8,10H,3-4,9H2. The normalized spacial score (nSPS) is 10.2. The average Bonchev–Trinajstić information content (AvgIpc) is 2.42. The highest BCUT2D eigenvalue weighted by Gasteiger charge is 2.12. The number of nitro benzene ring substituents is 1. The van der Waals surface area contributed by atoms with Gasteiger partial charge in [0, 0.05) is 12.5 Å². The fraction of sp³-hybridized carbons (Fsp3) is 0.214. The number of carbonyl (C=O) groups excluding carboxylic acids is 1. The Bertz CT molecular complexity index is 575. The highest BCUT2D eigenvalue weighted by atomic mass is 19.1. The second-order valence-electron chi connectivity index (χ2n) is 3.77. The largest absolute Gasteiger partial charge is 0.462 e. The van der Waals surface area contributed by atoms with E-state index in [-0.39, 0.29) is 12.2 Å². The minimum atomic E-state index is -0.721. The Kier molecular flexibility index (Phi) is 5.91. The zero-order valence-electron chi connectivity index (χ0n) is 10.5. The molecule has 0 atom stereocenters. The Hall–Kier alpha value is -2.68. The van der Waals surface area contributed by atoms with Crippen molar-refractivity contribution in [2.45, 2.75) is 12.8 Å². The van der Waals surface area contributed by atoms with Crippen molar-refractivity contribution in [3.63, 3.8) is 0 Å². The molecule has 0 fully saturated rings. The molecule has 0 spiro atoms. The van der Waals surface area contributed by atoms with Crippen molar-refractivity contribution in [1.29, 1.82) is 0 Å². The number of benzene rings is 1. The molecule has 0 saturated heterocycles. The van der Waals surface area contributed by atoms with E-state index in [1.54, 1.807) is 0 Å². The molecule has 104 valence electrons. The molecule has 0 aromatic heterocycles. The predicted octanol–water partition coefficient (Wildman–Crippen LogP) is 2.70. The Morgan fingerprint density at radius 2 is 2.30 bits per heavy atom. The number of nitro groups is 1. The SMILES string of the molecule is C#CCCCOC(=O)C=Cc1ccc(F)cc1[N+](=O)[O-]. The number of unbranched alkanes of at least 4 members (excludes halogenated alkanes) is 1. The van der Waals surface area contributed by atoms with E-state index < -0.39 is 22.4 Å².